The molecule has 0 bridgehead atoms. The van der Waals surface area contributed by atoms with E-state index in [0.29, 0.717) is 19.8 Å². The molecule has 4 rings (SSSR count). The molecule has 0 atom stereocenters. The Morgan fingerprint density at radius 1 is 1.08 bits per heavy atom. The molecule has 4 nitrogen and oxygen atoms in total. The van der Waals surface area contributed by atoms with Crippen molar-refractivity contribution < 1.29 is 9.47 Å². The van der Waals surface area contributed by atoms with Crippen LogP contribution < -0.4 is 14.8 Å². The second-order valence-electron chi connectivity index (χ2n) is 5.69. The standard InChI is InChI=1S/C19H17ClN2O2S/c20-15-5-2-1-4-14(15)11-21-19-22-16(12-25-19)13-6-7-17-18(10-13)24-9-3-8-23-17/h1-2,4-7,10,12H,3,8-9,11H2,(H,21,22). The van der Waals surface area contributed by atoms with Crippen LogP contribution in [0.5, 0.6) is 11.5 Å². The molecule has 2 heterocycles. The number of anilines is 1. The van der Waals surface area contributed by atoms with Gasteiger partial charge in [-0.1, -0.05) is 29.8 Å². The van der Waals surface area contributed by atoms with Crippen molar-refractivity contribution in [2.75, 3.05) is 18.5 Å². The summed E-state index contributed by atoms with van der Waals surface area (Å²) in [7, 11) is 0. The fourth-order valence-corrected chi connectivity index (χ4v) is 3.54. The zero-order valence-corrected chi connectivity index (χ0v) is 15.1. The van der Waals surface area contributed by atoms with Gasteiger partial charge in [-0.3, -0.25) is 0 Å². The summed E-state index contributed by atoms with van der Waals surface area (Å²) in [5, 5.41) is 6.99. The summed E-state index contributed by atoms with van der Waals surface area (Å²) in [4.78, 5) is 4.67. The van der Waals surface area contributed by atoms with E-state index in [1.54, 1.807) is 11.3 Å². The zero-order chi connectivity index (χ0) is 17.1. The van der Waals surface area contributed by atoms with E-state index in [4.69, 9.17) is 21.1 Å². The number of halogens is 1. The van der Waals surface area contributed by atoms with Crippen molar-refractivity contribution in [2.45, 2.75) is 13.0 Å². The number of fused-ring (bicyclic) bond motifs is 1. The molecule has 1 aliphatic heterocycles. The van der Waals surface area contributed by atoms with Gasteiger partial charge in [-0.2, -0.15) is 0 Å². The molecule has 2 aromatic carbocycles. The fourth-order valence-electron chi connectivity index (χ4n) is 2.62. The maximum atomic E-state index is 6.19. The van der Waals surface area contributed by atoms with E-state index in [9.17, 15) is 0 Å². The molecule has 3 aromatic rings. The van der Waals surface area contributed by atoms with Crippen LogP contribution in [-0.2, 0) is 6.54 Å². The van der Waals surface area contributed by atoms with Crippen LogP contribution in [0, 0.1) is 0 Å². The Bertz CT molecular complexity index is 881. The molecule has 0 saturated carbocycles. The minimum atomic E-state index is 0.647. The third-order valence-corrected chi connectivity index (χ3v) is 5.10. The Labute approximate surface area is 155 Å². The predicted molar refractivity (Wildman–Crippen MR) is 102 cm³/mol. The normalized spacial score (nSPS) is 13.3. The first-order chi connectivity index (χ1) is 12.3. The fraction of sp³-hybridized carbons (Fsp3) is 0.211. The van der Waals surface area contributed by atoms with Crippen molar-refractivity contribution in [2.24, 2.45) is 0 Å². The van der Waals surface area contributed by atoms with E-state index in [1.807, 2.05) is 47.8 Å². The SMILES string of the molecule is Clc1ccccc1CNc1nc(-c2ccc3c(c2)OCCCO3)cs1. The Hall–Kier alpha value is -2.24. The van der Waals surface area contributed by atoms with Crippen LogP contribution >= 0.6 is 22.9 Å². The van der Waals surface area contributed by atoms with Gasteiger partial charge in [-0.05, 0) is 29.8 Å². The van der Waals surface area contributed by atoms with Crippen LogP contribution in [-0.4, -0.2) is 18.2 Å². The highest BCUT2D eigenvalue weighted by molar-refractivity contribution is 7.14. The van der Waals surface area contributed by atoms with Crippen molar-refractivity contribution in [3.8, 4) is 22.8 Å². The second-order valence-corrected chi connectivity index (χ2v) is 6.96. The van der Waals surface area contributed by atoms with Gasteiger partial charge in [-0.15, -0.1) is 11.3 Å². The van der Waals surface area contributed by atoms with E-state index in [0.717, 1.165) is 44.9 Å². The number of hydrogen-bond donors (Lipinski definition) is 1. The van der Waals surface area contributed by atoms with E-state index in [2.05, 4.69) is 10.3 Å². The molecule has 1 aliphatic rings. The van der Waals surface area contributed by atoms with Gasteiger partial charge in [0, 0.05) is 28.9 Å². The average molecular weight is 373 g/mol. The lowest BCUT2D eigenvalue weighted by atomic mass is 10.1. The lowest BCUT2D eigenvalue weighted by molar-refractivity contribution is 0.297. The number of ether oxygens (including phenoxy) is 2. The van der Waals surface area contributed by atoms with E-state index >= 15 is 0 Å². The number of thiazole rings is 1. The van der Waals surface area contributed by atoms with E-state index < -0.39 is 0 Å². The molecule has 1 aromatic heterocycles. The van der Waals surface area contributed by atoms with Crippen molar-refractivity contribution >= 4 is 28.1 Å². The Morgan fingerprint density at radius 2 is 1.92 bits per heavy atom. The van der Waals surface area contributed by atoms with Crippen LogP contribution in [0.2, 0.25) is 5.02 Å². The molecule has 0 spiro atoms. The van der Waals surface area contributed by atoms with E-state index in [-0.39, 0.29) is 0 Å². The number of nitrogens with one attached hydrogen (secondary N) is 1. The monoisotopic (exact) mass is 372 g/mol. The van der Waals surface area contributed by atoms with Gasteiger partial charge in [-0.25, -0.2) is 4.98 Å². The smallest absolute Gasteiger partial charge is 0.183 e. The highest BCUT2D eigenvalue weighted by atomic mass is 35.5. The lowest BCUT2D eigenvalue weighted by Crippen LogP contribution is -1.99. The number of hydrogen-bond acceptors (Lipinski definition) is 5. The molecule has 0 amide bonds. The molecular formula is C19H17ClN2O2S. The Kier molecular flexibility index (Phi) is 4.76. The third kappa shape index (κ3) is 3.72. The lowest BCUT2D eigenvalue weighted by Gasteiger charge is -2.08. The topological polar surface area (TPSA) is 43.4 Å². The summed E-state index contributed by atoms with van der Waals surface area (Å²) in [5.74, 6) is 1.59. The van der Waals surface area contributed by atoms with Crippen LogP contribution in [0.1, 0.15) is 12.0 Å². The molecule has 0 unspecified atom stereocenters. The average Bonchev–Trinajstić information content (AvgIpc) is 2.98. The molecule has 0 saturated heterocycles. The second kappa shape index (κ2) is 7.33. The van der Waals surface area contributed by atoms with E-state index in [1.165, 1.54) is 0 Å². The summed E-state index contributed by atoms with van der Waals surface area (Å²) < 4.78 is 11.4. The minimum Gasteiger partial charge on any atom is -0.490 e. The molecule has 128 valence electrons. The first-order valence-corrected chi connectivity index (χ1v) is 9.38. The molecule has 0 fully saturated rings. The number of aromatic nitrogens is 1. The summed E-state index contributed by atoms with van der Waals surface area (Å²) in [5.41, 5.74) is 2.99. The molecule has 0 aliphatic carbocycles. The highest BCUT2D eigenvalue weighted by Gasteiger charge is 2.13. The van der Waals surface area contributed by atoms with Crippen LogP contribution in [0.25, 0.3) is 11.3 Å². The van der Waals surface area contributed by atoms with Gasteiger partial charge < -0.3 is 14.8 Å². The largest absolute Gasteiger partial charge is 0.490 e. The summed E-state index contributed by atoms with van der Waals surface area (Å²) in [6.45, 7) is 2.02. The van der Waals surface area contributed by atoms with Gasteiger partial charge in [0.05, 0.1) is 18.9 Å². The summed E-state index contributed by atoms with van der Waals surface area (Å²) >= 11 is 7.76. The third-order valence-electron chi connectivity index (χ3n) is 3.94. The van der Waals surface area contributed by atoms with Crippen LogP contribution in [0.3, 0.4) is 0 Å². The quantitative estimate of drug-likeness (QED) is 0.680. The van der Waals surface area contributed by atoms with Gasteiger partial charge >= 0.3 is 0 Å². The van der Waals surface area contributed by atoms with Crippen LogP contribution in [0.15, 0.2) is 47.8 Å². The Balaban J connectivity index is 1.49. The summed E-state index contributed by atoms with van der Waals surface area (Å²) in [6.07, 6.45) is 0.900. The molecule has 1 N–H and O–H groups in total. The van der Waals surface area contributed by atoms with Crippen molar-refractivity contribution in [3.63, 3.8) is 0 Å². The number of benzene rings is 2. The number of rotatable bonds is 4. The minimum absolute atomic E-state index is 0.647. The van der Waals surface area contributed by atoms with Crippen molar-refractivity contribution in [1.82, 2.24) is 4.98 Å². The van der Waals surface area contributed by atoms with Crippen molar-refractivity contribution in [1.29, 1.82) is 0 Å². The van der Waals surface area contributed by atoms with Gasteiger partial charge in [0.15, 0.2) is 16.6 Å². The van der Waals surface area contributed by atoms with Gasteiger partial charge in [0.25, 0.3) is 0 Å². The highest BCUT2D eigenvalue weighted by Crippen LogP contribution is 2.35. The van der Waals surface area contributed by atoms with Gasteiger partial charge in [0.2, 0.25) is 0 Å². The predicted octanol–water partition coefficient (Wildman–Crippen LogP) is 5.24. The first-order valence-electron chi connectivity index (χ1n) is 8.12. The molecular weight excluding hydrogens is 356 g/mol. The Morgan fingerprint density at radius 3 is 2.80 bits per heavy atom. The van der Waals surface area contributed by atoms with Crippen molar-refractivity contribution in [3.05, 3.63) is 58.4 Å². The number of nitrogens with zero attached hydrogens (tertiary/aromatic N) is 1. The summed E-state index contributed by atoms with van der Waals surface area (Å²) in [6, 6.07) is 13.8. The first kappa shape index (κ1) is 16.2. The zero-order valence-electron chi connectivity index (χ0n) is 13.5. The molecule has 6 heteroatoms. The molecule has 0 radical (unpaired) electrons. The van der Waals surface area contributed by atoms with Gasteiger partial charge in [0.1, 0.15) is 0 Å². The maximum absolute atomic E-state index is 6.19. The molecule has 25 heavy (non-hydrogen) atoms. The van der Waals surface area contributed by atoms with Crippen LogP contribution in [0.4, 0.5) is 5.13 Å². The maximum Gasteiger partial charge on any atom is 0.183 e.